The predicted octanol–water partition coefficient (Wildman–Crippen LogP) is 4.10. The second-order valence-corrected chi connectivity index (χ2v) is 6.46. The molecule has 0 aliphatic heterocycles. The van der Waals surface area contributed by atoms with Crippen LogP contribution >= 0.6 is 34.3 Å². The minimum Gasteiger partial charge on any atom is -0.311 e. The number of nitrogens with one attached hydrogen (secondary N) is 1. The molecule has 86 valence electrons. The van der Waals surface area contributed by atoms with Crippen molar-refractivity contribution < 1.29 is 0 Å². The van der Waals surface area contributed by atoms with Crippen molar-refractivity contribution >= 4 is 34.3 Å². The molecule has 0 aliphatic rings. The number of aryl methyl sites for hydroxylation is 1. The van der Waals surface area contributed by atoms with Crippen molar-refractivity contribution in [3.8, 4) is 0 Å². The van der Waals surface area contributed by atoms with E-state index in [9.17, 15) is 0 Å². The highest BCUT2D eigenvalue weighted by molar-refractivity contribution is 7.16. The van der Waals surface area contributed by atoms with Crippen LogP contribution < -0.4 is 5.32 Å². The molecular weight excluding hydrogens is 258 g/mol. The standard InChI is InChI=1S/C12H14ClNS2/c1-9-5-7-15-11(9)8-14-6-4-10-2-3-12(13)16-10/h2-3,5,7,14H,4,6,8H2,1H3. The van der Waals surface area contributed by atoms with Gasteiger partial charge in [-0.25, -0.2) is 0 Å². The van der Waals surface area contributed by atoms with Gasteiger partial charge in [-0.15, -0.1) is 22.7 Å². The molecule has 0 aliphatic carbocycles. The Bertz CT molecular complexity index is 447. The van der Waals surface area contributed by atoms with E-state index in [2.05, 4.69) is 29.8 Å². The van der Waals surface area contributed by atoms with Gasteiger partial charge in [-0.3, -0.25) is 0 Å². The molecular formula is C12H14ClNS2. The maximum atomic E-state index is 5.87. The van der Waals surface area contributed by atoms with Gasteiger partial charge in [0.25, 0.3) is 0 Å². The van der Waals surface area contributed by atoms with Crippen LogP contribution in [-0.4, -0.2) is 6.54 Å². The maximum Gasteiger partial charge on any atom is 0.0931 e. The summed E-state index contributed by atoms with van der Waals surface area (Å²) in [6.07, 6.45) is 1.06. The summed E-state index contributed by atoms with van der Waals surface area (Å²) >= 11 is 9.36. The van der Waals surface area contributed by atoms with E-state index in [1.165, 1.54) is 15.3 Å². The van der Waals surface area contributed by atoms with Crippen LogP contribution in [0.2, 0.25) is 4.34 Å². The Morgan fingerprint density at radius 1 is 1.31 bits per heavy atom. The molecule has 2 rings (SSSR count). The first-order valence-electron chi connectivity index (χ1n) is 5.23. The fourth-order valence-corrected chi connectivity index (χ4v) is 3.45. The van der Waals surface area contributed by atoms with Crippen molar-refractivity contribution in [1.29, 1.82) is 0 Å². The molecule has 0 unspecified atom stereocenters. The van der Waals surface area contributed by atoms with Gasteiger partial charge in [0.2, 0.25) is 0 Å². The van der Waals surface area contributed by atoms with Gasteiger partial charge in [-0.2, -0.15) is 0 Å². The fourth-order valence-electron chi connectivity index (χ4n) is 1.48. The summed E-state index contributed by atoms with van der Waals surface area (Å²) in [6, 6.07) is 6.23. The Labute approximate surface area is 109 Å². The van der Waals surface area contributed by atoms with Crippen molar-refractivity contribution in [1.82, 2.24) is 5.32 Å². The van der Waals surface area contributed by atoms with Crippen LogP contribution in [0.1, 0.15) is 15.3 Å². The highest BCUT2D eigenvalue weighted by atomic mass is 35.5. The van der Waals surface area contributed by atoms with Gasteiger partial charge >= 0.3 is 0 Å². The van der Waals surface area contributed by atoms with Gasteiger partial charge in [-0.05, 0) is 42.5 Å². The molecule has 2 heterocycles. The number of thiophene rings is 2. The van der Waals surface area contributed by atoms with Gasteiger partial charge in [0.1, 0.15) is 0 Å². The molecule has 0 radical (unpaired) electrons. The SMILES string of the molecule is Cc1ccsc1CNCCc1ccc(Cl)s1. The molecule has 0 bridgehead atoms. The van der Waals surface area contributed by atoms with E-state index < -0.39 is 0 Å². The monoisotopic (exact) mass is 271 g/mol. The minimum absolute atomic E-state index is 0.879. The number of hydrogen-bond acceptors (Lipinski definition) is 3. The quantitative estimate of drug-likeness (QED) is 0.808. The van der Waals surface area contributed by atoms with Crippen LogP contribution in [0.5, 0.6) is 0 Å². The molecule has 1 nitrogen and oxygen atoms in total. The summed E-state index contributed by atoms with van der Waals surface area (Å²) in [5.41, 5.74) is 1.39. The lowest BCUT2D eigenvalue weighted by molar-refractivity contribution is 0.695. The first-order chi connectivity index (χ1) is 7.75. The molecule has 4 heteroatoms. The Kier molecular flexibility index (Phi) is 4.41. The van der Waals surface area contributed by atoms with Gasteiger partial charge in [0, 0.05) is 22.8 Å². The fraction of sp³-hybridized carbons (Fsp3) is 0.333. The van der Waals surface area contributed by atoms with Crippen LogP contribution in [0.15, 0.2) is 23.6 Å². The van der Waals surface area contributed by atoms with Crippen molar-refractivity contribution in [2.75, 3.05) is 6.54 Å². The van der Waals surface area contributed by atoms with E-state index in [1.807, 2.05) is 17.4 Å². The molecule has 0 saturated heterocycles. The number of rotatable bonds is 5. The predicted molar refractivity (Wildman–Crippen MR) is 73.8 cm³/mol. The van der Waals surface area contributed by atoms with E-state index in [0.717, 1.165) is 23.8 Å². The normalized spacial score (nSPS) is 10.9. The molecule has 16 heavy (non-hydrogen) atoms. The van der Waals surface area contributed by atoms with Crippen molar-refractivity contribution in [3.63, 3.8) is 0 Å². The third-order valence-electron chi connectivity index (χ3n) is 2.43. The van der Waals surface area contributed by atoms with Gasteiger partial charge in [-0.1, -0.05) is 11.6 Å². The molecule has 0 amide bonds. The van der Waals surface area contributed by atoms with E-state index in [-0.39, 0.29) is 0 Å². The Morgan fingerprint density at radius 3 is 2.81 bits per heavy atom. The highest BCUT2D eigenvalue weighted by Gasteiger charge is 2.00. The van der Waals surface area contributed by atoms with E-state index in [1.54, 1.807) is 11.3 Å². The third-order valence-corrected chi connectivity index (χ3v) is 4.74. The summed E-state index contributed by atoms with van der Waals surface area (Å²) in [5, 5.41) is 5.60. The van der Waals surface area contributed by atoms with Crippen molar-refractivity contribution in [2.45, 2.75) is 19.9 Å². The van der Waals surface area contributed by atoms with E-state index in [0.29, 0.717) is 0 Å². The summed E-state index contributed by atoms with van der Waals surface area (Å²) in [6.45, 7) is 4.14. The Morgan fingerprint density at radius 2 is 2.19 bits per heavy atom. The molecule has 2 aromatic rings. The Balaban J connectivity index is 1.71. The molecule has 0 saturated carbocycles. The van der Waals surface area contributed by atoms with Crippen LogP contribution in [0.4, 0.5) is 0 Å². The summed E-state index contributed by atoms with van der Waals surface area (Å²) in [7, 11) is 0. The summed E-state index contributed by atoms with van der Waals surface area (Å²) in [4.78, 5) is 2.78. The third kappa shape index (κ3) is 3.32. The first kappa shape index (κ1) is 12.1. The maximum absolute atomic E-state index is 5.87. The molecule has 0 fully saturated rings. The smallest absolute Gasteiger partial charge is 0.0931 e. The lowest BCUT2D eigenvalue weighted by Gasteiger charge is -2.02. The van der Waals surface area contributed by atoms with Crippen molar-refractivity contribution in [3.05, 3.63) is 43.2 Å². The molecule has 0 atom stereocenters. The average Bonchev–Trinajstić information content (AvgIpc) is 2.83. The molecule has 2 aromatic heterocycles. The Hall–Kier alpha value is -0.350. The molecule has 0 spiro atoms. The summed E-state index contributed by atoms with van der Waals surface area (Å²) in [5.74, 6) is 0. The average molecular weight is 272 g/mol. The second-order valence-electron chi connectivity index (χ2n) is 3.66. The zero-order valence-corrected chi connectivity index (χ0v) is 11.5. The van der Waals surface area contributed by atoms with Gasteiger partial charge in [0.15, 0.2) is 0 Å². The van der Waals surface area contributed by atoms with Crippen LogP contribution in [-0.2, 0) is 13.0 Å². The van der Waals surface area contributed by atoms with Crippen molar-refractivity contribution in [2.24, 2.45) is 0 Å². The van der Waals surface area contributed by atoms with E-state index in [4.69, 9.17) is 11.6 Å². The van der Waals surface area contributed by atoms with Gasteiger partial charge < -0.3 is 5.32 Å². The lowest BCUT2D eigenvalue weighted by atomic mass is 10.3. The van der Waals surface area contributed by atoms with Crippen LogP contribution in [0, 0.1) is 6.92 Å². The van der Waals surface area contributed by atoms with Crippen LogP contribution in [0.25, 0.3) is 0 Å². The molecule has 1 N–H and O–H groups in total. The largest absolute Gasteiger partial charge is 0.311 e. The lowest BCUT2D eigenvalue weighted by Crippen LogP contribution is -2.15. The van der Waals surface area contributed by atoms with Crippen LogP contribution in [0.3, 0.4) is 0 Å². The second kappa shape index (κ2) is 5.82. The zero-order valence-electron chi connectivity index (χ0n) is 9.13. The first-order valence-corrected chi connectivity index (χ1v) is 7.31. The minimum atomic E-state index is 0.879. The zero-order chi connectivity index (χ0) is 11.4. The topological polar surface area (TPSA) is 12.0 Å². The number of hydrogen-bond donors (Lipinski definition) is 1. The summed E-state index contributed by atoms with van der Waals surface area (Å²) < 4.78 is 0.879. The van der Waals surface area contributed by atoms with Gasteiger partial charge in [0.05, 0.1) is 4.34 Å². The molecule has 0 aromatic carbocycles. The number of halogens is 1. The van der Waals surface area contributed by atoms with E-state index >= 15 is 0 Å². The highest BCUT2D eigenvalue weighted by Crippen LogP contribution is 2.21.